The third kappa shape index (κ3) is 3.78. The van der Waals surface area contributed by atoms with Crippen molar-refractivity contribution in [3.05, 3.63) is 65.7 Å². The van der Waals surface area contributed by atoms with E-state index in [2.05, 4.69) is 52.7 Å². The summed E-state index contributed by atoms with van der Waals surface area (Å²) in [4.78, 5) is 2.60. The van der Waals surface area contributed by atoms with E-state index in [1.165, 1.54) is 11.1 Å². The Morgan fingerprint density at radius 3 is 2.62 bits per heavy atom. The van der Waals surface area contributed by atoms with Crippen molar-refractivity contribution in [2.75, 3.05) is 26.9 Å². The molecule has 4 heteroatoms. The third-order valence-corrected chi connectivity index (χ3v) is 5.77. The van der Waals surface area contributed by atoms with Crippen molar-refractivity contribution in [3.8, 4) is 5.75 Å². The average molecular weight is 352 g/mol. The molecule has 26 heavy (non-hydrogen) atoms. The molecule has 2 atom stereocenters. The summed E-state index contributed by atoms with van der Waals surface area (Å²) in [5.74, 6) is 0.908. The van der Waals surface area contributed by atoms with E-state index in [0.717, 1.165) is 44.6 Å². The Morgan fingerprint density at radius 2 is 1.92 bits per heavy atom. The molecule has 0 bridgehead atoms. The van der Waals surface area contributed by atoms with E-state index in [-0.39, 0.29) is 5.60 Å². The first-order valence-corrected chi connectivity index (χ1v) is 9.55. The van der Waals surface area contributed by atoms with Crippen LogP contribution in [0.15, 0.2) is 54.6 Å². The highest BCUT2D eigenvalue weighted by molar-refractivity contribution is 5.28. The number of piperidine rings is 1. The van der Waals surface area contributed by atoms with E-state index in [4.69, 9.17) is 9.47 Å². The predicted octanol–water partition coefficient (Wildman–Crippen LogP) is 3.74. The molecular formula is C22H28N2O2. The predicted molar refractivity (Wildman–Crippen MR) is 103 cm³/mol. The number of hydrogen-bond donors (Lipinski definition) is 1. The second-order valence-electron chi connectivity index (χ2n) is 7.44. The van der Waals surface area contributed by atoms with Gasteiger partial charge in [-0.1, -0.05) is 42.5 Å². The Kier molecular flexibility index (Phi) is 5.25. The van der Waals surface area contributed by atoms with Gasteiger partial charge in [0.15, 0.2) is 0 Å². The summed E-state index contributed by atoms with van der Waals surface area (Å²) >= 11 is 0. The largest absolute Gasteiger partial charge is 0.497 e. The van der Waals surface area contributed by atoms with Crippen LogP contribution in [-0.4, -0.2) is 37.4 Å². The van der Waals surface area contributed by atoms with Gasteiger partial charge in [-0.25, -0.2) is 0 Å². The zero-order valence-corrected chi connectivity index (χ0v) is 15.5. The Morgan fingerprint density at radius 1 is 1.12 bits per heavy atom. The topological polar surface area (TPSA) is 33.7 Å². The third-order valence-electron chi connectivity index (χ3n) is 5.77. The molecule has 1 spiro atoms. The van der Waals surface area contributed by atoms with Gasteiger partial charge in [0.25, 0.3) is 0 Å². The first-order valence-electron chi connectivity index (χ1n) is 9.55. The number of likely N-dealkylation sites (tertiary alicyclic amines) is 1. The highest BCUT2D eigenvalue weighted by atomic mass is 16.5. The van der Waals surface area contributed by atoms with Crippen molar-refractivity contribution < 1.29 is 9.47 Å². The molecular weight excluding hydrogens is 324 g/mol. The zero-order chi connectivity index (χ0) is 17.8. The van der Waals surface area contributed by atoms with Gasteiger partial charge in [-0.05, 0) is 42.5 Å². The van der Waals surface area contributed by atoms with Crippen LogP contribution < -0.4 is 10.1 Å². The molecule has 2 saturated heterocycles. The van der Waals surface area contributed by atoms with Crippen molar-refractivity contribution in [2.24, 2.45) is 0 Å². The molecule has 0 saturated carbocycles. The lowest BCUT2D eigenvalue weighted by Crippen LogP contribution is -2.55. The quantitative estimate of drug-likeness (QED) is 0.909. The van der Waals surface area contributed by atoms with Crippen LogP contribution in [0.3, 0.4) is 0 Å². The van der Waals surface area contributed by atoms with Crippen LogP contribution in [0, 0.1) is 0 Å². The average Bonchev–Trinajstić information content (AvgIpc) is 2.70. The summed E-state index contributed by atoms with van der Waals surface area (Å²) in [5, 5.41) is 3.32. The molecule has 2 aromatic carbocycles. The van der Waals surface area contributed by atoms with E-state index in [1.807, 2.05) is 12.1 Å². The first-order chi connectivity index (χ1) is 12.8. The Bertz CT molecular complexity index is 696. The minimum atomic E-state index is 0.00298. The summed E-state index contributed by atoms with van der Waals surface area (Å²) in [7, 11) is 1.71. The van der Waals surface area contributed by atoms with Gasteiger partial charge in [0.05, 0.1) is 19.4 Å². The van der Waals surface area contributed by atoms with Crippen LogP contribution in [-0.2, 0) is 11.3 Å². The molecule has 2 unspecified atom stereocenters. The maximum atomic E-state index is 6.22. The smallest absolute Gasteiger partial charge is 0.118 e. The van der Waals surface area contributed by atoms with Gasteiger partial charge in [-0.3, -0.25) is 10.2 Å². The van der Waals surface area contributed by atoms with Crippen molar-refractivity contribution in [1.82, 2.24) is 10.2 Å². The maximum absolute atomic E-state index is 6.22. The number of rotatable bonds is 4. The summed E-state index contributed by atoms with van der Waals surface area (Å²) in [6, 6.07) is 19.8. The summed E-state index contributed by atoms with van der Waals surface area (Å²) in [6.07, 6.45) is 3.36. The van der Waals surface area contributed by atoms with E-state index >= 15 is 0 Å². The lowest BCUT2D eigenvalue weighted by molar-refractivity contribution is -0.134. The molecule has 4 rings (SSSR count). The number of nitrogens with one attached hydrogen (secondary N) is 1. The summed E-state index contributed by atoms with van der Waals surface area (Å²) < 4.78 is 11.5. The molecule has 2 fully saturated rings. The second kappa shape index (κ2) is 7.78. The molecule has 4 nitrogen and oxygen atoms in total. The molecule has 1 N–H and O–H groups in total. The number of nitrogens with zero attached hydrogens (tertiary/aromatic N) is 1. The normalized spacial score (nSPS) is 26.7. The van der Waals surface area contributed by atoms with Gasteiger partial charge in [0, 0.05) is 25.7 Å². The van der Waals surface area contributed by atoms with Crippen molar-refractivity contribution in [1.29, 1.82) is 0 Å². The number of benzene rings is 2. The Labute approximate surface area is 156 Å². The molecule has 0 aromatic heterocycles. The zero-order valence-electron chi connectivity index (χ0n) is 15.5. The van der Waals surface area contributed by atoms with E-state index < -0.39 is 0 Å². The number of methoxy groups -OCH3 is 1. The van der Waals surface area contributed by atoms with Gasteiger partial charge >= 0.3 is 0 Å². The molecule has 0 radical (unpaired) electrons. The molecule has 2 aliphatic heterocycles. The summed E-state index contributed by atoms with van der Waals surface area (Å²) in [6.45, 7) is 3.64. The lowest BCUT2D eigenvalue weighted by atomic mass is 9.82. The minimum absolute atomic E-state index is 0.00298. The fourth-order valence-electron chi connectivity index (χ4n) is 4.31. The highest BCUT2D eigenvalue weighted by Gasteiger charge is 2.41. The second-order valence-corrected chi connectivity index (χ2v) is 7.44. The molecule has 2 aliphatic rings. The fraction of sp³-hybridized carbons (Fsp3) is 0.455. The lowest BCUT2D eigenvalue weighted by Gasteiger charge is -2.48. The van der Waals surface area contributed by atoms with Gasteiger partial charge < -0.3 is 9.47 Å². The van der Waals surface area contributed by atoms with Crippen LogP contribution in [0.1, 0.15) is 36.4 Å². The van der Waals surface area contributed by atoms with E-state index in [0.29, 0.717) is 12.8 Å². The SMILES string of the molecule is COc1ccc(CN2CC3(CCNCO3)CCC2c2ccccc2)cc1. The van der Waals surface area contributed by atoms with Gasteiger partial charge in [0.2, 0.25) is 0 Å². The first kappa shape index (κ1) is 17.5. The fourth-order valence-corrected chi connectivity index (χ4v) is 4.31. The molecule has 0 amide bonds. The minimum Gasteiger partial charge on any atom is -0.497 e. The number of hydrogen-bond acceptors (Lipinski definition) is 4. The van der Waals surface area contributed by atoms with Crippen molar-refractivity contribution in [2.45, 2.75) is 37.5 Å². The van der Waals surface area contributed by atoms with Crippen LogP contribution in [0.2, 0.25) is 0 Å². The molecule has 138 valence electrons. The van der Waals surface area contributed by atoms with Crippen LogP contribution >= 0.6 is 0 Å². The van der Waals surface area contributed by atoms with Gasteiger partial charge in [-0.2, -0.15) is 0 Å². The Hall–Kier alpha value is -1.88. The van der Waals surface area contributed by atoms with Gasteiger partial charge in [0.1, 0.15) is 5.75 Å². The van der Waals surface area contributed by atoms with Crippen molar-refractivity contribution >= 4 is 0 Å². The molecule has 0 aliphatic carbocycles. The van der Waals surface area contributed by atoms with Crippen LogP contribution in [0.4, 0.5) is 0 Å². The van der Waals surface area contributed by atoms with Crippen LogP contribution in [0.25, 0.3) is 0 Å². The maximum Gasteiger partial charge on any atom is 0.118 e. The number of ether oxygens (including phenoxy) is 2. The molecule has 2 heterocycles. The van der Waals surface area contributed by atoms with E-state index in [1.54, 1.807) is 7.11 Å². The monoisotopic (exact) mass is 352 g/mol. The standard InChI is InChI=1S/C22H28N2O2/c1-25-20-9-7-18(8-10-20)15-24-16-22(13-14-23-17-26-22)12-11-21(24)19-5-3-2-4-6-19/h2-10,21,23H,11-17H2,1H3. The van der Waals surface area contributed by atoms with Crippen LogP contribution in [0.5, 0.6) is 5.75 Å². The Balaban J connectivity index is 1.57. The summed E-state index contributed by atoms with van der Waals surface area (Å²) in [5.41, 5.74) is 2.73. The van der Waals surface area contributed by atoms with E-state index in [9.17, 15) is 0 Å². The van der Waals surface area contributed by atoms with Gasteiger partial charge in [-0.15, -0.1) is 0 Å². The molecule has 2 aromatic rings. The van der Waals surface area contributed by atoms with Crippen molar-refractivity contribution in [3.63, 3.8) is 0 Å². The highest BCUT2D eigenvalue weighted by Crippen LogP contribution is 2.40.